The summed E-state index contributed by atoms with van der Waals surface area (Å²) in [5.74, 6) is -0.323. The summed E-state index contributed by atoms with van der Waals surface area (Å²) in [5, 5.41) is 3.98. The van der Waals surface area contributed by atoms with Crippen molar-refractivity contribution in [1.29, 1.82) is 0 Å². The second-order valence-electron chi connectivity index (χ2n) is 3.63. The molecule has 2 aromatic rings. The fourth-order valence-corrected chi connectivity index (χ4v) is 2.71. The molecule has 0 saturated carbocycles. The van der Waals surface area contributed by atoms with Crippen LogP contribution < -0.4 is 5.32 Å². The normalized spacial score (nSPS) is 10.8. The van der Waals surface area contributed by atoms with E-state index in [4.69, 9.17) is 0 Å². The van der Waals surface area contributed by atoms with Crippen LogP contribution in [0.15, 0.2) is 18.3 Å². The highest BCUT2D eigenvalue weighted by Gasteiger charge is 2.11. The van der Waals surface area contributed by atoms with Gasteiger partial charge >= 0.3 is 0 Å². The molecule has 0 atom stereocenters. The molecule has 5 heteroatoms. The lowest BCUT2D eigenvalue weighted by Crippen LogP contribution is -2.05. The summed E-state index contributed by atoms with van der Waals surface area (Å²) >= 11 is 1.61. The van der Waals surface area contributed by atoms with E-state index in [1.54, 1.807) is 17.4 Å². The van der Waals surface area contributed by atoms with Crippen LogP contribution in [-0.2, 0) is 13.0 Å². The maximum absolute atomic E-state index is 12.8. The number of halogens is 1. The first-order valence-electron chi connectivity index (χ1n) is 5.49. The average Bonchev–Trinajstić information content (AvgIpc) is 2.74. The molecule has 0 fully saturated rings. The van der Waals surface area contributed by atoms with E-state index in [9.17, 15) is 4.39 Å². The van der Waals surface area contributed by atoms with Gasteiger partial charge in [0.25, 0.3) is 0 Å². The van der Waals surface area contributed by atoms with Gasteiger partial charge in [-0.2, -0.15) is 0 Å². The molecule has 0 aliphatic heterocycles. The van der Waals surface area contributed by atoms with Gasteiger partial charge in [0, 0.05) is 11.4 Å². The van der Waals surface area contributed by atoms with Crippen LogP contribution in [0.4, 0.5) is 4.39 Å². The molecule has 90 valence electrons. The Balaban J connectivity index is 2.35. The van der Waals surface area contributed by atoms with Gasteiger partial charge in [0.15, 0.2) is 0 Å². The van der Waals surface area contributed by atoms with Crippen molar-refractivity contribution in [2.45, 2.75) is 19.9 Å². The second kappa shape index (κ2) is 5.33. The van der Waals surface area contributed by atoms with Crippen molar-refractivity contribution in [3.63, 3.8) is 0 Å². The van der Waals surface area contributed by atoms with Crippen molar-refractivity contribution < 1.29 is 4.39 Å². The molecule has 2 rings (SSSR count). The first-order chi connectivity index (χ1) is 8.24. The summed E-state index contributed by atoms with van der Waals surface area (Å²) in [6.45, 7) is 2.89. The molecule has 0 amide bonds. The van der Waals surface area contributed by atoms with Crippen LogP contribution in [0.5, 0.6) is 0 Å². The maximum Gasteiger partial charge on any atom is 0.142 e. The fraction of sp³-hybridized carbons (Fsp3) is 0.333. The Bertz CT molecular complexity index is 493. The molecule has 0 aromatic carbocycles. The number of hydrogen-bond acceptors (Lipinski definition) is 4. The number of nitrogens with zero attached hydrogens (tertiary/aromatic N) is 2. The minimum atomic E-state index is -0.323. The maximum atomic E-state index is 12.8. The number of thiazole rings is 1. The third-order valence-corrected chi connectivity index (χ3v) is 3.52. The number of hydrogen-bond donors (Lipinski definition) is 1. The van der Waals surface area contributed by atoms with Gasteiger partial charge in [0.2, 0.25) is 0 Å². The van der Waals surface area contributed by atoms with Crippen LogP contribution in [0.25, 0.3) is 10.7 Å². The van der Waals surface area contributed by atoms with Gasteiger partial charge < -0.3 is 5.32 Å². The Morgan fingerprint density at radius 2 is 2.24 bits per heavy atom. The first kappa shape index (κ1) is 12.1. The molecule has 17 heavy (non-hydrogen) atoms. The lowest BCUT2D eigenvalue weighted by molar-refractivity contribution is 0.622. The molecular weight excluding hydrogens is 237 g/mol. The largest absolute Gasteiger partial charge is 0.315 e. The molecule has 3 nitrogen and oxygen atoms in total. The zero-order chi connectivity index (χ0) is 12.3. The van der Waals surface area contributed by atoms with Gasteiger partial charge in [-0.25, -0.2) is 9.37 Å². The third-order valence-electron chi connectivity index (χ3n) is 2.40. The molecule has 0 aliphatic rings. The van der Waals surface area contributed by atoms with Crippen LogP contribution in [0.3, 0.4) is 0 Å². The summed E-state index contributed by atoms with van der Waals surface area (Å²) < 4.78 is 12.8. The molecular formula is C12H14FN3S. The van der Waals surface area contributed by atoms with E-state index in [2.05, 4.69) is 22.2 Å². The number of aromatic nitrogens is 2. The molecule has 0 unspecified atom stereocenters. The summed E-state index contributed by atoms with van der Waals surface area (Å²) in [4.78, 5) is 9.81. The molecule has 0 saturated heterocycles. The van der Waals surface area contributed by atoms with Crippen LogP contribution in [-0.4, -0.2) is 17.0 Å². The predicted octanol–water partition coefficient (Wildman–Crippen LogP) is 2.63. The zero-order valence-electron chi connectivity index (χ0n) is 9.83. The zero-order valence-corrected chi connectivity index (χ0v) is 10.6. The highest BCUT2D eigenvalue weighted by molar-refractivity contribution is 7.15. The van der Waals surface area contributed by atoms with Crippen molar-refractivity contribution in [2.75, 3.05) is 7.05 Å². The quantitative estimate of drug-likeness (QED) is 0.907. The Morgan fingerprint density at radius 3 is 2.82 bits per heavy atom. The van der Waals surface area contributed by atoms with Gasteiger partial charge in [-0.05, 0) is 25.6 Å². The van der Waals surface area contributed by atoms with E-state index in [1.165, 1.54) is 17.1 Å². The smallest absolute Gasteiger partial charge is 0.142 e. The first-order valence-corrected chi connectivity index (χ1v) is 6.31. The lowest BCUT2D eigenvalue weighted by atomic mass is 10.3. The van der Waals surface area contributed by atoms with E-state index >= 15 is 0 Å². The monoisotopic (exact) mass is 251 g/mol. The molecule has 1 N–H and O–H groups in total. The summed E-state index contributed by atoms with van der Waals surface area (Å²) in [7, 11) is 1.91. The van der Waals surface area contributed by atoms with E-state index in [-0.39, 0.29) is 5.82 Å². The van der Waals surface area contributed by atoms with Crippen LogP contribution in [0.1, 0.15) is 17.5 Å². The number of pyridine rings is 1. The SMILES string of the molecule is CCc1nc(-c2ccc(F)cn2)sc1CNC. The van der Waals surface area contributed by atoms with E-state index in [0.717, 1.165) is 29.4 Å². The standard InChI is InChI=1S/C12H14FN3S/c1-3-9-11(7-14-2)17-12(16-9)10-5-4-8(13)6-15-10/h4-6,14H,3,7H2,1-2H3. The van der Waals surface area contributed by atoms with Crippen molar-refractivity contribution in [3.8, 4) is 10.7 Å². The molecule has 0 radical (unpaired) electrons. The summed E-state index contributed by atoms with van der Waals surface area (Å²) in [6, 6.07) is 3.07. The van der Waals surface area contributed by atoms with Gasteiger partial charge in [-0.15, -0.1) is 11.3 Å². The van der Waals surface area contributed by atoms with E-state index < -0.39 is 0 Å². The highest BCUT2D eigenvalue weighted by atomic mass is 32.1. The Hall–Kier alpha value is -1.33. The Labute approximate surface area is 104 Å². The number of aryl methyl sites for hydroxylation is 1. The van der Waals surface area contributed by atoms with Crippen molar-refractivity contribution >= 4 is 11.3 Å². The van der Waals surface area contributed by atoms with Gasteiger partial charge in [-0.1, -0.05) is 6.92 Å². The molecule has 2 aromatic heterocycles. The molecule has 0 spiro atoms. The summed E-state index contributed by atoms with van der Waals surface area (Å²) in [5.41, 5.74) is 1.82. The van der Waals surface area contributed by atoms with Crippen LogP contribution in [0.2, 0.25) is 0 Å². The van der Waals surface area contributed by atoms with Gasteiger partial charge in [-0.3, -0.25) is 4.98 Å². The average molecular weight is 251 g/mol. The summed E-state index contributed by atoms with van der Waals surface area (Å²) in [6.07, 6.45) is 2.12. The minimum absolute atomic E-state index is 0.323. The van der Waals surface area contributed by atoms with Crippen molar-refractivity contribution in [3.05, 3.63) is 34.7 Å². The Morgan fingerprint density at radius 1 is 1.41 bits per heavy atom. The fourth-order valence-electron chi connectivity index (χ4n) is 1.57. The third kappa shape index (κ3) is 2.68. The molecule has 2 heterocycles. The topological polar surface area (TPSA) is 37.8 Å². The second-order valence-corrected chi connectivity index (χ2v) is 4.72. The van der Waals surface area contributed by atoms with E-state index in [0.29, 0.717) is 0 Å². The van der Waals surface area contributed by atoms with Crippen molar-refractivity contribution in [1.82, 2.24) is 15.3 Å². The Kier molecular flexibility index (Phi) is 3.81. The van der Waals surface area contributed by atoms with E-state index in [1.807, 2.05) is 7.05 Å². The number of nitrogens with one attached hydrogen (secondary N) is 1. The highest BCUT2D eigenvalue weighted by Crippen LogP contribution is 2.27. The van der Waals surface area contributed by atoms with Gasteiger partial charge in [0.1, 0.15) is 10.8 Å². The van der Waals surface area contributed by atoms with Crippen LogP contribution >= 0.6 is 11.3 Å². The van der Waals surface area contributed by atoms with Crippen LogP contribution in [0, 0.1) is 5.82 Å². The molecule has 0 aliphatic carbocycles. The lowest BCUT2D eigenvalue weighted by Gasteiger charge is -1.96. The predicted molar refractivity (Wildman–Crippen MR) is 67.4 cm³/mol. The van der Waals surface area contributed by atoms with Gasteiger partial charge in [0.05, 0.1) is 17.6 Å². The molecule has 0 bridgehead atoms. The number of rotatable bonds is 4. The van der Waals surface area contributed by atoms with Crippen molar-refractivity contribution in [2.24, 2.45) is 0 Å². The minimum Gasteiger partial charge on any atom is -0.315 e.